The van der Waals surface area contributed by atoms with Gasteiger partial charge in [-0.3, -0.25) is 10.2 Å². The van der Waals surface area contributed by atoms with Crippen LogP contribution in [0.5, 0.6) is 0 Å². The summed E-state index contributed by atoms with van der Waals surface area (Å²) in [5.74, 6) is -0.308. The van der Waals surface area contributed by atoms with Crippen molar-refractivity contribution in [2.75, 3.05) is 11.1 Å². The molecular weight excluding hydrogens is 377 g/mol. The molecule has 1 aromatic rings. The van der Waals surface area contributed by atoms with E-state index in [0.717, 1.165) is 26.6 Å². The minimum absolute atomic E-state index is 0.0844. The van der Waals surface area contributed by atoms with Gasteiger partial charge in [-0.2, -0.15) is 4.99 Å². The highest BCUT2D eigenvalue weighted by Crippen LogP contribution is 2.18. The molecular formula is C11H14IN5OS. The number of amidine groups is 1. The first-order valence-corrected chi connectivity index (χ1v) is 7.32. The summed E-state index contributed by atoms with van der Waals surface area (Å²) in [6.07, 6.45) is 0. The van der Waals surface area contributed by atoms with Gasteiger partial charge in [-0.15, -0.1) is 0 Å². The normalized spacial score (nSPS) is 9.79. The fraction of sp³-hybridized carbons (Fsp3) is 0.182. The molecule has 0 spiro atoms. The molecule has 0 aliphatic carbocycles. The Kier molecular flexibility index (Phi) is 6.09. The molecule has 0 saturated heterocycles. The molecule has 1 amide bonds. The maximum Gasteiger partial charge on any atom is 0.234 e. The van der Waals surface area contributed by atoms with Crippen LogP contribution in [0.1, 0.15) is 5.56 Å². The first-order chi connectivity index (χ1) is 8.88. The number of guanidine groups is 1. The van der Waals surface area contributed by atoms with Crippen LogP contribution in [-0.4, -0.2) is 22.8 Å². The number of hydrogen-bond acceptors (Lipinski definition) is 3. The second-order valence-corrected chi connectivity index (χ2v) is 5.85. The molecule has 0 atom stereocenters. The molecule has 1 rings (SSSR count). The van der Waals surface area contributed by atoms with Crippen LogP contribution in [-0.2, 0) is 4.79 Å². The minimum Gasteiger partial charge on any atom is -0.370 e. The maximum atomic E-state index is 11.7. The van der Waals surface area contributed by atoms with Gasteiger partial charge in [0.1, 0.15) is 0 Å². The van der Waals surface area contributed by atoms with Crippen molar-refractivity contribution in [2.45, 2.75) is 6.92 Å². The van der Waals surface area contributed by atoms with Crippen molar-refractivity contribution in [2.24, 2.45) is 16.5 Å². The van der Waals surface area contributed by atoms with E-state index in [1.807, 2.05) is 25.1 Å². The molecule has 8 heteroatoms. The lowest BCUT2D eigenvalue weighted by Crippen LogP contribution is -2.24. The average Bonchev–Trinajstić information content (AvgIpc) is 2.29. The summed E-state index contributed by atoms with van der Waals surface area (Å²) < 4.78 is 1.11. The number of thioether (sulfide) groups is 1. The number of halogens is 1. The summed E-state index contributed by atoms with van der Waals surface area (Å²) >= 11 is 3.17. The van der Waals surface area contributed by atoms with E-state index in [-0.39, 0.29) is 22.8 Å². The van der Waals surface area contributed by atoms with Crippen molar-refractivity contribution in [1.29, 1.82) is 5.41 Å². The van der Waals surface area contributed by atoms with E-state index in [9.17, 15) is 4.79 Å². The van der Waals surface area contributed by atoms with E-state index < -0.39 is 0 Å². The zero-order valence-electron chi connectivity index (χ0n) is 10.2. The van der Waals surface area contributed by atoms with Crippen LogP contribution in [0.25, 0.3) is 0 Å². The summed E-state index contributed by atoms with van der Waals surface area (Å²) in [6, 6.07) is 5.74. The lowest BCUT2D eigenvalue weighted by molar-refractivity contribution is -0.113. The van der Waals surface area contributed by atoms with Crippen molar-refractivity contribution >= 4 is 57.1 Å². The number of anilines is 1. The third kappa shape index (κ3) is 5.92. The van der Waals surface area contributed by atoms with Gasteiger partial charge in [0.05, 0.1) is 5.75 Å². The van der Waals surface area contributed by atoms with Gasteiger partial charge in [0, 0.05) is 9.26 Å². The number of aliphatic imine (C=N–C) groups is 1. The highest BCUT2D eigenvalue weighted by atomic mass is 127. The van der Waals surface area contributed by atoms with E-state index in [0.29, 0.717) is 0 Å². The van der Waals surface area contributed by atoms with Crippen LogP contribution >= 0.6 is 34.4 Å². The van der Waals surface area contributed by atoms with Gasteiger partial charge >= 0.3 is 0 Å². The molecule has 0 unspecified atom stereocenters. The number of hydrogen-bond donors (Lipinski definition) is 4. The molecule has 0 aliphatic heterocycles. The molecule has 0 saturated carbocycles. The Balaban J connectivity index is 2.52. The van der Waals surface area contributed by atoms with E-state index in [1.54, 1.807) is 0 Å². The molecule has 0 heterocycles. The number of benzene rings is 1. The molecule has 6 nitrogen and oxygen atoms in total. The Bertz CT molecular complexity index is 528. The molecule has 0 aromatic heterocycles. The fourth-order valence-corrected chi connectivity index (χ4v) is 2.39. The largest absolute Gasteiger partial charge is 0.370 e. The molecule has 0 radical (unpaired) electrons. The summed E-state index contributed by atoms with van der Waals surface area (Å²) in [5, 5.41) is 10.1. The Morgan fingerprint density at radius 3 is 2.79 bits per heavy atom. The molecule has 6 N–H and O–H groups in total. The van der Waals surface area contributed by atoms with Crippen molar-refractivity contribution in [3.05, 3.63) is 27.3 Å². The van der Waals surface area contributed by atoms with Crippen LogP contribution in [0.15, 0.2) is 23.2 Å². The van der Waals surface area contributed by atoms with Crippen LogP contribution in [0.2, 0.25) is 0 Å². The van der Waals surface area contributed by atoms with Crippen LogP contribution in [0.4, 0.5) is 5.69 Å². The van der Waals surface area contributed by atoms with Gasteiger partial charge in [-0.05, 0) is 53.3 Å². The van der Waals surface area contributed by atoms with Gasteiger partial charge in [-0.1, -0.05) is 11.8 Å². The number of nitrogens with one attached hydrogen (secondary N) is 2. The molecule has 0 aliphatic rings. The Hall–Kier alpha value is -1.29. The second kappa shape index (κ2) is 7.34. The highest BCUT2D eigenvalue weighted by Gasteiger charge is 2.07. The molecule has 0 fully saturated rings. The van der Waals surface area contributed by atoms with Gasteiger partial charge in [0.25, 0.3) is 0 Å². The average molecular weight is 391 g/mol. The first-order valence-electron chi connectivity index (χ1n) is 5.25. The van der Waals surface area contributed by atoms with Crippen molar-refractivity contribution < 1.29 is 4.79 Å². The second-order valence-electron chi connectivity index (χ2n) is 3.64. The predicted octanol–water partition coefficient (Wildman–Crippen LogP) is 1.48. The first kappa shape index (κ1) is 15.8. The summed E-state index contributed by atoms with van der Waals surface area (Å²) in [5.41, 5.74) is 12.0. The van der Waals surface area contributed by atoms with E-state index in [1.165, 1.54) is 0 Å². The minimum atomic E-state index is -0.204. The molecule has 102 valence electrons. The SMILES string of the molecule is Cc1cc(I)ccc1NC(=O)CSC(=N)N=C(N)N. The predicted molar refractivity (Wildman–Crippen MR) is 88.5 cm³/mol. The van der Waals surface area contributed by atoms with E-state index in [4.69, 9.17) is 16.9 Å². The Morgan fingerprint density at radius 1 is 1.53 bits per heavy atom. The number of aryl methyl sites for hydroxylation is 1. The Morgan fingerprint density at radius 2 is 2.21 bits per heavy atom. The summed E-state index contributed by atoms with van der Waals surface area (Å²) in [4.78, 5) is 15.2. The van der Waals surface area contributed by atoms with E-state index >= 15 is 0 Å². The number of carbonyl (C=O) groups is 1. The van der Waals surface area contributed by atoms with Crippen LogP contribution < -0.4 is 16.8 Å². The molecule has 19 heavy (non-hydrogen) atoms. The third-order valence-corrected chi connectivity index (χ3v) is 3.48. The van der Waals surface area contributed by atoms with Crippen molar-refractivity contribution in [3.63, 3.8) is 0 Å². The zero-order chi connectivity index (χ0) is 14.4. The third-order valence-electron chi connectivity index (χ3n) is 2.03. The number of amides is 1. The van der Waals surface area contributed by atoms with Gasteiger partial charge < -0.3 is 16.8 Å². The van der Waals surface area contributed by atoms with Crippen molar-refractivity contribution in [1.82, 2.24) is 0 Å². The summed E-state index contributed by atoms with van der Waals surface area (Å²) in [6.45, 7) is 1.92. The lowest BCUT2D eigenvalue weighted by atomic mass is 10.2. The number of rotatable bonds is 3. The van der Waals surface area contributed by atoms with Crippen LogP contribution in [0.3, 0.4) is 0 Å². The smallest absolute Gasteiger partial charge is 0.234 e. The topological polar surface area (TPSA) is 117 Å². The zero-order valence-corrected chi connectivity index (χ0v) is 13.2. The highest BCUT2D eigenvalue weighted by molar-refractivity contribution is 14.1. The number of carbonyl (C=O) groups excluding carboxylic acids is 1. The van der Waals surface area contributed by atoms with Crippen LogP contribution in [0, 0.1) is 15.9 Å². The monoisotopic (exact) mass is 391 g/mol. The fourth-order valence-electron chi connectivity index (χ4n) is 1.24. The molecule has 1 aromatic carbocycles. The Labute approximate surface area is 129 Å². The van der Waals surface area contributed by atoms with Gasteiger partial charge in [0.15, 0.2) is 11.1 Å². The van der Waals surface area contributed by atoms with Gasteiger partial charge in [0.2, 0.25) is 5.91 Å². The van der Waals surface area contributed by atoms with E-state index in [2.05, 4.69) is 32.9 Å². The molecule has 0 bridgehead atoms. The summed E-state index contributed by atoms with van der Waals surface area (Å²) in [7, 11) is 0. The lowest BCUT2D eigenvalue weighted by Gasteiger charge is -2.08. The maximum absolute atomic E-state index is 11.7. The quantitative estimate of drug-likeness (QED) is 0.355. The van der Waals surface area contributed by atoms with Gasteiger partial charge in [-0.25, -0.2) is 0 Å². The number of nitrogens with two attached hydrogens (primary N) is 2. The van der Waals surface area contributed by atoms with Crippen molar-refractivity contribution in [3.8, 4) is 0 Å². The number of nitrogens with zero attached hydrogens (tertiary/aromatic N) is 1. The standard InChI is InChI=1S/C11H14IN5OS/c1-6-4-7(12)2-3-8(6)16-9(18)5-19-11(15)17-10(13)14/h2-4H,5H2,1H3,(H,16,18)(H5,13,14,15,17).